The van der Waals surface area contributed by atoms with Gasteiger partial charge in [0.25, 0.3) is 0 Å². The van der Waals surface area contributed by atoms with Crippen LogP contribution in [-0.2, 0) is 0 Å². The molecule has 22 heavy (non-hydrogen) atoms. The van der Waals surface area contributed by atoms with E-state index in [0.717, 1.165) is 11.1 Å². The van der Waals surface area contributed by atoms with Gasteiger partial charge in [0, 0.05) is 16.1 Å². The molecule has 1 aromatic carbocycles. The number of nitrogen functional groups attached to an aromatic ring is 1. The molecule has 2 N–H and O–H groups in total. The molecule has 0 aliphatic carbocycles. The Balaban J connectivity index is 2.33. The highest BCUT2D eigenvalue weighted by Crippen LogP contribution is 2.36. The molecule has 2 aromatic heterocycles. The van der Waals surface area contributed by atoms with Gasteiger partial charge in [-0.3, -0.25) is 0 Å². The molecular formula is C17H12ClN3O. The van der Waals surface area contributed by atoms with Gasteiger partial charge in [0.05, 0.1) is 12.0 Å². The Labute approximate surface area is 132 Å². The van der Waals surface area contributed by atoms with E-state index in [-0.39, 0.29) is 5.82 Å². The van der Waals surface area contributed by atoms with Gasteiger partial charge >= 0.3 is 0 Å². The van der Waals surface area contributed by atoms with Gasteiger partial charge in [-0.1, -0.05) is 23.7 Å². The summed E-state index contributed by atoms with van der Waals surface area (Å²) in [6, 6.07) is 13.0. The number of hydrogen-bond acceptors (Lipinski definition) is 4. The third kappa shape index (κ3) is 2.32. The number of nitrogens with two attached hydrogens (primary N) is 1. The van der Waals surface area contributed by atoms with Crippen LogP contribution < -0.4 is 5.73 Å². The number of rotatable bonds is 2. The van der Waals surface area contributed by atoms with Gasteiger partial charge < -0.3 is 10.2 Å². The molecule has 0 saturated carbocycles. The first kappa shape index (κ1) is 14.2. The predicted molar refractivity (Wildman–Crippen MR) is 86.2 cm³/mol. The van der Waals surface area contributed by atoms with E-state index in [4.69, 9.17) is 21.8 Å². The topological polar surface area (TPSA) is 75.8 Å². The van der Waals surface area contributed by atoms with Crippen LogP contribution in [0.1, 0.15) is 11.1 Å². The van der Waals surface area contributed by atoms with E-state index in [1.54, 1.807) is 24.5 Å². The number of furan rings is 1. The smallest absolute Gasteiger partial charge is 0.142 e. The molecule has 0 unspecified atom stereocenters. The lowest BCUT2D eigenvalue weighted by Crippen LogP contribution is -2.02. The molecule has 5 heteroatoms. The van der Waals surface area contributed by atoms with Crippen LogP contribution in [0.15, 0.2) is 47.1 Å². The van der Waals surface area contributed by atoms with E-state index < -0.39 is 0 Å². The van der Waals surface area contributed by atoms with E-state index in [1.165, 1.54) is 0 Å². The molecule has 0 spiro atoms. The minimum atomic E-state index is 0.175. The molecule has 0 amide bonds. The molecule has 3 aromatic rings. The number of nitrogens with zero attached hydrogens (tertiary/aromatic N) is 2. The molecular weight excluding hydrogens is 298 g/mol. The largest absolute Gasteiger partial charge is 0.464 e. The first-order chi connectivity index (χ1) is 10.6. The van der Waals surface area contributed by atoms with Crippen LogP contribution >= 0.6 is 11.6 Å². The zero-order chi connectivity index (χ0) is 15.7. The zero-order valence-electron chi connectivity index (χ0n) is 11.8. The summed E-state index contributed by atoms with van der Waals surface area (Å²) in [4.78, 5) is 4.38. The van der Waals surface area contributed by atoms with Crippen molar-refractivity contribution < 1.29 is 4.42 Å². The van der Waals surface area contributed by atoms with E-state index in [0.29, 0.717) is 27.6 Å². The van der Waals surface area contributed by atoms with Crippen LogP contribution in [0.3, 0.4) is 0 Å². The van der Waals surface area contributed by atoms with Crippen molar-refractivity contribution in [1.29, 1.82) is 5.26 Å². The molecule has 0 aliphatic heterocycles. The summed E-state index contributed by atoms with van der Waals surface area (Å²) in [7, 11) is 0. The number of aromatic nitrogens is 1. The van der Waals surface area contributed by atoms with Crippen molar-refractivity contribution in [2.24, 2.45) is 0 Å². The third-order valence-corrected chi connectivity index (χ3v) is 3.68. The van der Waals surface area contributed by atoms with Crippen molar-refractivity contribution in [2.45, 2.75) is 6.92 Å². The van der Waals surface area contributed by atoms with Crippen molar-refractivity contribution in [3.63, 3.8) is 0 Å². The molecule has 4 nitrogen and oxygen atoms in total. The summed E-state index contributed by atoms with van der Waals surface area (Å²) >= 11 is 6.05. The quantitative estimate of drug-likeness (QED) is 0.760. The first-order valence-electron chi connectivity index (χ1n) is 6.62. The highest BCUT2D eigenvalue weighted by molar-refractivity contribution is 6.30. The predicted octanol–water partition coefficient (Wildman–Crippen LogP) is 4.42. The van der Waals surface area contributed by atoms with E-state index in [9.17, 15) is 5.26 Å². The Morgan fingerprint density at radius 1 is 1.27 bits per heavy atom. The lowest BCUT2D eigenvalue weighted by molar-refractivity contribution is 0.581. The summed E-state index contributed by atoms with van der Waals surface area (Å²) in [5.74, 6) is 0.765. The monoisotopic (exact) mass is 309 g/mol. The first-order valence-corrected chi connectivity index (χ1v) is 6.99. The van der Waals surface area contributed by atoms with Crippen molar-refractivity contribution in [1.82, 2.24) is 4.98 Å². The summed E-state index contributed by atoms with van der Waals surface area (Å²) in [5.41, 5.74) is 9.30. The second kappa shape index (κ2) is 5.55. The number of nitriles is 1. The van der Waals surface area contributed by atoms with Gasteiger partial charge in [0.15, 0.2) is 0 Å². The van der Waals surface area contributed by atoms with Crippen molar-refractivity contribution >= 4 is 17.4 Å². The summed E-state index contributed by atoms with van der Waals surface area (Å²) < 4.78 is 5.45. The molecule has 0 radical (unpaired) electrons. The van der Waals surface area contributed by atoms with Crippen molar-refractivity contribution in [3.05, 3.63) is 58.8 Å². The minimum absolute atomic E-state index is 0.175. The Morgan fingerprint density at radius 2 is 2.09 bits per heavy atom. The maximum Gasteiger partial charge on any atom is 0.142 e. The summed E-state index contributed by atoms with van der Waals surface area (Å²) in [6.07, 6.45) is 1.56. The van der Waals surface area contributed by atoms with Gasteiger partial charge in [-0.05, 0) is 36.8 Å². The van der Waals surface area contributed by atoms with Crippen LogP contribution in [0.2, 0.25) is 5.02 Å². The van der Waals surface area contributed by atoms with Gasteiger partial charge in [0.1, 0.15) is 23.2 Å². The minimum Gasteiger partial charge on any atom is -0.464 e. The fourth-order valence-corrected chi connectivity index (χ4v) is 2.64. The highest BCUT2D eigenvalue weighted by atomic mass is 35.5. The molecule has 0 aliphatic rings. The highest BCUT2D eigenvalue weighted by Gasteiger charge is 2.19. The molecule has 0 bridgehead atoms. The van der Waals surface area contributed by atoms with E-state index in [2.05, 4.69) is 11.1 Å². The lowest BCUT2D eigenvalue weighted by atomic mass is 9.96. The average Bonchev–Trinajstić information content (AvgIpc) is 3.02. The number of anilines is 1. The molecule has 0 saturated heterocycles. The Bertz CT molecular complexity index is 880. The average molecular weight is 310 g/mol. The van der Waals surface area contributed by atoms with Crippen molar-refractivity contribution in [3.8, 4) is 28.7 Å². The van der Waals surface area contributed by atoms with Crippen molar-refractivity contribution in [2.75, 3.05) is 5.73 Å². The summed E-state index contributed by atoms with van der Waals surface area (Å²) in [5, 5.41) is 10.0. The number of pyridine rings is 1. The fourth-order valence-electron chi connectivity index (χ4n) is 2.45. The Kier molecular flexibility index (Phi) is 3.58. The second-order valence-corrected chi connectivity index (χ2v) is 5.26. The maximum absolute atomic E-state index is 9.40. The number of halogens is 1. The zero-order valence-corrected chi connectivity index (χ0v) is 12.6. The van der Waals surface area contributed by atoms with Crippen LogP contribution in [0.5, 0.6) is 0 Å². The van der Waals surface area contributed by atoms with E-state index in [1.807, 2.05) is 25.1 Å². The number of benzene rings is 1. The standard InChI is InChI=1S/C17H12ClN3O/c1-10-15(14-6-3-7-22-14)13(9-19)17(20)21-16(10)11-4-2-5-12(18)8-11/h2-8H,1H3,(H2,20,21). The molecule has 108 valence electrons. The molecule has 3 rings (SSSR count). The van der Waals surface area contributed by atoms with Crippen LogP contribution in [0.25, 0.3) is 22.6 Å². The SMILES string of the molecule is Cc1c(-c2cccc(Cl)c2)nc(N)c(C#N)c1-c1ccco1. The van der Waals surface area contributed by atoms with Gasteiger partial charge in [0.2, 0.25) is 0 Å². The van der Waals surface area contributed by atoms with Gasteiger partial charge in [-0.25, -0.2) is 4.98 Å². The summed E-state index contributed by atoms with van der Waals surface area (Å²) in [6.45, 7) is 1.89. The van der Waals surface area contributed by atoms with Gasteiger partial charge in [-0.15, -0.1) is 0 Å². The molecule has 2 heterocycles. The molecule has 0 fully saturated rings. The van der Waals surface area contributed by atoms with Crippen LogP contribution in [0, 0.1) is 18.3 Å². The fraction of sp³-hybridized carbons (Fsp3) is 0.0588. The molecule has 0 atom stereocenters. The van der Waals surface area contributed by atoms with Crippen LogP contribution in [-0.4, -0.2) is 4.98 Å². The third-order valence-electron chi connectivity index (χ3n) is 3.45. The maximum atomic E-state index is 9.40. The lowest BCUT2D eigenvalue weighted by Gasteiger charge is -2.13. The van der Waals surface area contributed by atoms with E-state index >= 15 is 0 Å². The normalized spacial score (nSPS) is 10.4. The Hall–Kier alpha value is -2.77. The second-order valence-electron chi connectivity index (χ2n) is 4.82. The van der Waals surface area contributed by atoms with Gasteiger partial charge in [-0.2, -0.15) is 5.26 Å². The Morgan fingerprint density at radius 3 is 2.73 bits per heavy atom. The number of hydrogen-bond donors (Lipinski definition) is 1. The van der Waals surface area contributed by atoms with Crippen LogP contribution in [0.4, 0.5) is 5.82 Å².